The molecule has 4 amide bonds. The normalized spacial score (nSPS) is 16.2. The van der Waals surface area contributed by atoms with Gasteiger partial charge in [-0.3, -0.25) is 29.8 Å². The molecule has 2 aliphatic heterocycles. The fraction of sp³-hybridized carbons (Fsp3) is 0. The number of carbonyl (C=O) groups is 4. The molecule has 0 aliphatic carbocycles. The van der Waals surface area contributed by atoms with Crippen LogP contribution in [0.25, 0.3) is 0 Å². The SMILES string of the molecule is O=C1C=CC(=O)N1.O=C1C=CC(=O)N1.O=P(O)(O)O. The van der Waals surface area contributed by atoms with Crippen molar-refractivity contribution in [1.82, 2.24) is 10.6 Å². The van der Waals surface area contributed by atoms with Crippen molar-refractivity contribution in [2.75, 3.05) is 0 Å². The summed E-state index contributed by atoms with van der Waals surface area (Å²) in [5.74, 6) is -1.31. The summed E-state index contributed by atoms with van der Waals surface area (Å²) in [6, 6.07) is 0. The number of hydrogen-bond donors (Lipinski definition) is 5. The Bertz CT molecular complexity index is 427. The first-order valence-electron chi connectivity index (χ1n) is 4.42. The molecule has 0 saturated carbocycles. The van der Waals surface area contributed by atoms with Crippen LogP contribution >= 0.6 is 7.82 Å². The maximum absolute atomic E-state index is 10.0. The minimum Gasteiger partial charge on any atom is -0.303 e. The van der Waals surface area contributed by atoms with Gasteiger partial charge in [0.15, 0.2) is 0 Å². The third kappa shape index (κ3) is 12.1. The van der Waals surface area contributed by atoms with Crippen molar-refractivity contribution in [3.63, 3.8) is 0 Å². The van der Waals surface area contributed by atoms with E-state index < -0.39 is 7.82 Å². The fourth-order valence-electron chi connectivity index (χ4n) is 0.712. The fourth-order valence-corrected chi connectivity index (χ4v) is 0.712. The summed E-state index contributed by atoms with van der Waals surface area (Å²) in [6.07, 6.45) is 4.79. The molecule has 19 heavy (non-hydrogen) atoms. The van der Waals surface area contributed by atoms with Gasteiger partial charge in [-0.05, 0) is 0 Å². The summed E-state index contributed by atoms with van der Waals surface area (Å²) in [5.41, 5.74) is 0. The van der Waals surface area contributed by atoms with Crippen LogP contribution < -0.4 is 10.6 Å². The molecule has 0 radical (unpaired) electrons. The van der Waals surface area contributed by atoms with Gasteiger partial charge in [0.05, 0.1) is 0 Å². The average Bonchev–Trinajstić information content (AvgIpc) is 2.74. The van der Waals surface area contributed by atoms with E-state index in [1.165, 1.54) is 24.3 Å². The number of imide groups is 2. The third-order valence-electron chi connectivity index (χ3n) is 1.26. The summed E-state index contributed by atoms with van der Waals surface area (Å²) in [4.78, 5) is 61.7. The number of hydrogen-bond acceptors (Lipinski definition) is 5. The Morgan fingerprint density at radius 3 is 0.895 bits per heavy atom. The summed E-state index contributed by atoms with van der Waals surface area (Å²) in [7, 11) is -4.64. The monoisotopic (exact) mass is 292 g/mol. The molecule has 0 fully saturated rings. The first kappa shape index (κ1) is 16.9. The van der Waals surface area contributed by atoms with Crippen LogP contribution in [0.3, 0.4) is 0 Å². The Balaban J connectivity index is 0.000000261. The second-order valence-corrected chi connectivity index (χ2v) is 3.91. The Hall–Kier alpha value is -2.13. The van der Waals surface area contributed by atoms with Gasteiger partial charge in [0.1, 0.15) is 0 Å². The third-order valence-corrected chi connectivity index (χ3v) is 1.26. The highest BCUT2D eigenvalue weighted by Gasteiger charge is 2.07. The van der Waals surface area contributed by atoms with E-state index in [2.05, 4.69) is 0 Å². The first-order chi connectivity index (χ1) is 8.58. The molecule has 0 aromatic rings. The van der Waals surface area contributed by atoms with E-state index in [4.69, 9.17) is 19.2 Å². The molecule has 0 unspecified atom stereocenters. The molecular formula is C8H9N2O8P. The second kappa shape index (κ2) is 7.34. The van der Waals surface area contributed by atoms with Gasteiger partial charge in [-0.15, -0.1) is 0 Å². The highest BCUT2D eigenvalue weighted by Crippen LogP contribution is 2.25. The predicted octanol–water partition coefficient (Wildman–Crippen LogP) is -2.53. The van der Waals surface area contributed by atoms with Gasteiger partial charge in [0, 0.05) is 24.3 Å². The standard InChI is InChI=1S/2C4H3NO2.H3O4P/c2*6-3-1-2-4(7)5-3;1-5(2,3)4/h2*1-2H,(H,5,6,7);(H3,1,2,3,4). The van der Waals surface area contributed by atoms with Crippen LogP contribution in [-0.4, -0.2) is 38.3 Å². The van der Waals surface area contributed by atoms with Crippen LogP contribution in [0.1, 0.15) is 0 Å². The maximum atomic E-state index is 10.0. The maximum Gasteiger partial charge on any atom is 0.466 e. The Labute approximate surface area is 106 Å². The van der Waals surface area contributed by atoms with Crippen LogP contribution in [0.5, 0.6) is 0 Å². The number of carbonyl (C=O) groups excluding carboxylic acids is 4. The van der Waals surface area contributed by atoms with Crippen molar-refractivity contribution >= 4 is 31.5 Å². The van der Waals surface area contributed by atoms with E-state index in [1.807, 2.05) is 10.6 Å². The van der Waals surface area contributed by atoms with E-state index in [0.29, 0.717) is 0 Å². The minimum atomic E-state index is -4.64. The lowest BCUT2D eigenvalue weighted by Crippen LogP contribution is -2.19. The molecule has 11 heteroatoms. The number of nitrogens with one attached hydrogen (secondary N) is 2. The molecule has 10 nitrogen and oxygen atoms in total. The lowest BCUT2D eigenvalue weighted by Gasteiger charge is -1.82. The molecule has 2 rings (SSSR count). The molecule has 0 spiro atoms. The number of amides is 4. The number of phosphoric acid groups is 1. The van der Waals surface area contributed by atoms with E-state index in [1.54, 1.807) is 0 Å². The van der Waals surface area contributed by atoms with Gasteiger partial charge in [0.2, 0.25) is 0 Å². The Morgan fingerprint density at radius 1 is 0.684 bits per heavy atom. The zero-order chi connectivity index (χ0) is 15.1. The van der Waals surface area contributed by atoms with E-state index in [-0.39, 0.29) is 23.6 Å². The average molecular weight is 292 g/mol. The Kier molecular flexibility index (Phi) is 6.51. The quantitative estimate of drug-likeness (QED) is 0.240. The molecule has 0 bridgehead atoms. The van der Waals surface area contributed by atoms with Crippen molar-refractivity contribution in [2.45, 2.75) is 0 Å². The van der Waals surface area contributed by atoms with Crippen LogP contribution in [0.2, 0.25) is 0 Å². The highest BCUT2D eigenvalue weighted by molar-refractivity contribution is 7.45. The van der Waals surface area contributed by atoms with Gasteiger partial charge in [-0.1, -0.05) is 0 Å². The summed E-state index contributed by atoms with van der Waals surface area (Å²) in [5, 5.41) is 4.06. The van der Waals surface area contributed by atoms with E-state index in [9.17, 15) is 19.2 Å². The smallest absolute Gasteiger partial charge is 0.303 e. The zero-order valence-corrected chi connectivity index (χ0v) is 10.0. The van der Waals surface area contributed by atoms with Crippen molar-refractivity contribution in [2.24, 2.45) is 0 Å². The van der Waals surface area contributed by atoms with Crippen LogP contribution in [0, 0.1) is 0 Å². The van der Waals surface area contributed by atoms with Crippen LogP contribution in [0.15, 0.2) is 24.3 Å². The summed E-state index contributed by atoms with van der Waals surface area (Å²) in [6.45, 7) is 0. The van der Waals surface area contributed by atoms with Gasteiger partial charge in [-0.2, -0.15) is 0 Å². The molecule has 2 aliphatic rings. The highest BCUT2D eigenvalue weighted by atomic mass is 31.2. The molecule has 5 N–H and O–H groups in total. The van der Waals surface area contributed by atoms with Gasteiger partial charge in [-0.25, -0.2) is 4.57 Å². The minimum absolute atomic E-state index is 0.329. The van der Waals surface area contributed by atoms with E-state index >= 15 is 0 Å². The van der Waals surface area contributed by atoms with Crippen molar-refractivity contribution in [3.8, 4) is 0 Å². The first-order valence-corrected chi connectivity index (χ1v) is 5.99. The second-order valence-electron chi connectivity index (χ2n) is 2.89. The largest absolute Gasteiger partial charge is 0.466 e. The molecule has 0 saturated heterocycles. The lowest BCUT2D eigenvalue weighted by molar-refractivity contribution is -0.125. The van der Waals surface area contributed by atoms with Crippen LogP contribution in [0.4, 0.5) is 0 Å². The lowest BCUT2D eigenvalue weighted by atomic mass is 10.6. The summed E-state index contributed by atoms with van der Waals surface area (Å²) >= 11 is 0. The van der Waals surface area contributed by atoms with Crippen molar-refractivity contribution in [1.29, 1.82) is 0 Å². The predicted molar refractivity (Wildman–Crippen MR) is 58.8 cm³/mol. The molecule has 2 heterocycles. The van der Waals surface area contributed by atoms with Crippen molar-refractivity contribution in [3.05, 3.63) is 24.3 Å². The molecule has 104 valence electrons. The van der Waals surface area contributed by atoms with Gasteiger partial charge in [0.25, 0.3) is 23.6 Å². The van der Waals surface area contributed by atoms with Crippen LogP contribution in [-0.2, 0) is 23.7 Å². The zero-order valence-electron chi connectivity index (χ0n) is 9.14. The van der Waals surface area contributed by atoms with Gasteiger partial charge >= 0.3 is 7.82 Å². The molecular weight excluding hydrogens is 283 g/mol. The molecule has 0 aromatic heterocycles. The molecule has 0 aromatic carbocycles. The summed E-state index contributed by atoms with van der Waals surface area (Å²) < 4.78 is 8.88. The molecule has 0 atom stereocenters. The Morgan fingerprint density at radius 2 is 0.842 bits per heavy atom. The van der Waals surface area contributed by atoms with Crippen molar-refractivity contribution < 1.29 is 38.4 Å². The van der Waals surface area contributed by atoms with E-state index in [0.717, 1.165) is 0 Å². The number of rotatable bonds is 0. The topological polar surface area (TPSA) is 170 Å². The van der Waals surface area contributed by atoms with Gasteiger partial charge < -0.3 is 14.7 Å².